The van der Waals surface area contributed by atoms with E-state index in [2.05, 4.69) is 14.7 Å². The van der Waals surface area contributed by atoms with Gasteiger partial charge in [-0.15, -0.1) is 0 Å². The Balaban J connectivity index is 1.44. The van der Waals surface area contributed by atoms with Gasteiger partial charge in [-0.2, -0.15) is 9.36 Å². The number of ether oxygens (including phenoxy) is 2. The van der Waals surface area contributed by atoms with Crippen molar-refractivity contribution in [2.24, 2.45) is 0 Å². The van der Waals surface area contributed by atoms with Crippen LogP contribution in [-0.2, 0) is 6.42 Å². The third-order valence-electron chi connectivity index (χ3n) is 5.24. The third kappa shape index (κ3) is 5.75. The molecule has 0 aliphatic carbocycles. The number of amides is 1. The van der Waals surface area contributed by atoms with E-state index in [0.717, 1.165) is 22.4 Å². The molecular formula is C26H25N3O3S. The molecule has 4 rings (SSSR count). The van der Waals surface area contributed by atoms with Crippen LogP contribution in [0.1, 0.15) is 45.8 Å². The van der Waals surface area contributed by atoms with Gasteiger partial charge in [0.2, 0.25) is 0 Å². The van der Waals surface area contributed by atoms with E-state index >= 15 is 0 Å². The van der Waals surface area contributed by atoms with E-state index in [9.17, 15) is 4.79 Å². The van der Waals surface area contributed by atoms with Gasteiger partial charge in [-0.25, -0.2) is 0 Å². The first-order valence-corrected chi connectivity index (χ1v) is 11.4. The summed E-state index contributed by atoms with van der Waals surface area (Å²) in [6, 6.07) is 23.0. The van der Waals surface area contributed by atoms with Crippen LogP contribution in [0.4, 0.5) is 0 Å². The lowest BCUT2D eigenvalue weighted by Gasteiger charge is -2.15. The topological polar surface area (TPSA) is 73.3 Å². The molecule has 1 atom stereocenters. The van der Waals surface area contributed by atoms with Crippen LogP contribution in [0.15, 0.2) is 72.8 Å². The molecule has 0 fully saturated rings. The molecule has 168 valence electrons. The number of benzene rings is 3. The molecule has 1 amide bonds. The van der Waals surface area contributed by atoms with E-state index in [4.69, 9.17) is 9.47 Å². The van der Waals surface area contributed by atoms with E-state index in [-0.39, 0.29) is 11.9 Å². The smallest absolute Gasteiger partial charge is 0.298 e. The molecule has 0 aliphatic heterocycles. The van der Waals surface area contributed by atoms with Crippen molar-refractivity contribution in [3.8, 4) is 16.7 Å². The third-order valence-corrected chi connectivity index (χ3v) is 5.87. The Labute approximate surface area is 197 Å². The van der Waals surface area contributed by atoms with Crippen LogP contribution in [0.2, 0.25) is 0 Å². The quantitative estimate of drug-likeness (QED) is 0.364. The average Bonchev–Trinajstić information content (AvgIpc) is 3.27. The summed E-state index contributed by atoms with van der Waals surface area (Å²) in [4.78, 5) is 17.3. The minimum absolute atomic E-state index is 0.105. The van der Waals surface area contributed by atoms with Crippen LogP contribution in [-0.4, -0.2) is 22.4 Å². The lowest BCUT2D eigenvalue weighted by atomic mass is 10.1. The number of aryl methyl sites for hydroxylation is 1. The SMILES string of the molecule is COc1cccc(Cc2nsc(Oc3cc(C(=O)NC(C)c4ccccc4)ccc3C)n2)c1. The van der Waals surface area contributed by atoms with Gasteiger partial charge in [-0.1, -0.05) is 48.5 Å². The summed E-state index contributed by atoms with van der Waals surface area (Å²) in [5.41, 5.74) is 3.54. The number of carbonyl (C=O) groups is 1. The fraction of sp³-hybridized carbons (Fsp3) is 0.192. The van der Waals surface area contributed by atoms with Crippen LogP contribution in [0.5, 0.6) is 16.7 Å². The number of hydrogen-bond acceptors (Lipinski definition) is 6. The molecule has 0 saturated heterocycles. The predicted molar refractivity (Wildman–Crippen MR) is 129 cm³/mol. The molecule has 0 bridgehead atoms. The number of aromatic nitrogens is 2. The first-order chi connectivity index (χ1) is 16.0. The lowest BCUT2D eigenvalue weighted by Crippen LogP contribution is -2.26. The predicted octanol–water partition coefficient (Wildman–Crippen LogP) is 5.73. The molecule has 4 aromatic rings. The van der Waals surface area contributed by atoms with Crippen molar-refractivity contribution in [3.05, 3.63) is 101 Å². The summed E-state index contributed by atoms with van der Waals surface area (Å²) >= 11 is 1.19. The number of carbonyl (C=O) groups excluding carboxylic acids is 1. The van der Waals surface area contributed by atoms with Crippen molar-refractivity contribution >= 4 is 17.4 Å². The average molecular weight is 460 g/mol. The zero-order chi connectivity index (χ0) is 23.2. The van der Waals surface area contributed by atoms with Crippen LogP contribution in [0, 0.1) is 6.92 Å². The first-order valence-electron chi connectivity index (χ1n) is 10.6. The highest BCUT2D eigenvalue weighted by atomic mass is 32.1. The summed E-state index contributed by atoms with van der Waals surface area (Å²) in [6.45, 7) is 3.89. The normalized spacial score (nSPS) is 11.6. The number of nitrogens with one attached hydrogen (secondary N) is 1. The second-order valence-corrected chi connectivity index (χ2v) is 8.41. The summed E-state index contributed by atoms with van der Waals surface area (Å²) < 4.78 is 15.7. The van der Waals surface area contributed by atoms with Crippen LogP contribution in [0.25, 0.3) is 0 Å². The Morgan fingerprint density at radius 1 is 1.06 bits per heavy atom. The maximum atomic E-state index is 12.8. The Morgan fingerprint density at radius 2 is 1.88 bits per heavy atom. The molecule has 1 heterocycles. The van der Waals surface area contributed by atoms with Crippen LogP contribution < -0.4 is 14.8 Å². The maximum Gasteiger partial charge on any atom is 0.298 e. The Hall–Kier alpha value is -3.71. The number of rotatable bonds is 8. The van der Waals surface area contributed by atoms with Gasteiger partial charge in [0, 0.05) is 23.5 Å². The van der Waals surface area contributed by atoms with E-state index in [0.29, 0.717) is 28.8 Å². The molecule has 0 aliphatic rings. The molecule has 1 unspecified atom stereocenters. The monoisotopic (exact) mass is 459 g/mol. The molecule has 1 N–H and O–H groups in total. The minimum atomic E-state index is -0.160. The van der Waals surface area contributed by atoms with Crippen molar-refractivity contribution in [1.29, 1.82) is 0 Å². The van der Waals surface area contributed by atoms with E-state index < -0.39 is 0 Å². The molecule has 0 spiro atoms. The Bertz CT molecular complexity index is 1240. The molecule has 0 radical (unpaired) electrons. The van der Waals surface area contributed by atoms with Gasteiger partial charge in [0.15, 0.2) is 5.82 Å². The molecule has 6 nitrogen and oxygen atoms in total. The van der Waals surface area contributed by atoms with Crippen LogP contribution in [0.3, 0.4) is 0 Å². The summed E-state index contributed by atoms with van der Waals surface area (Å²) in [5.74, 6) is 1.89. The zero-order valence-corrected chi connectivity index (χ0v) is 19.6. The second kappa shape index (κ2) is 10.3. The van der Waals surface area contributed by atoms with E-state index in [1.807, 2.05) is 74.5 Å². The molecule has 0 saturated carbocycles. The van der Waals surface area contributed by atoms with Gasteiger partial charge in [0.25, 0.3) is 11.1 Å². The molecule has 7 heteroatoms. The Kier molecular flexibility index (Phi) is 7.00. The zero-order valence-electron chi connectivity index (χ0n) is 18.7. The van der Waals surface area contributed by atoms with Gasteiger partial charge in [-0.05, 0) is 54.8 Å². The van der Waals surface area contributed by atoms with Crippen molar-refractivity contribution in [2.75, 3.05) is 7.11 Å². The fourth-order valence-electron chi connectivity index (χ4n) is 3.37. The van der Waals surface area contributed by atoms with Crippen molar-refractivity contribution in [1.82, 2.24) is 14.7 Å². The van der Waals surface area contributed by atoms with Gasteiger partial charge in [0.05, 0.1) is 13.2 Å². The van der Waals surface area contributed by atoms with E-state index in [1.54, 1.807) is 19.2 Å². The maximum absolute atomic E-state index is 12.8. The fourth-order valence-corrected chi connectivity index (χ4v) is 3.93. The number of methoxy groups -OCH3 is 1. The minimum Gasteiger partial charge on any atom is -0.497 e. The van der Waals surface area contributed by atoms with E-state index in [1.165, 1.54) is 11.5 Å². The van der Waals surface area contributed by atoms with Crippen molar-refractivity contribution in [3.63, 3.8) is 0 Å². The van der Waals surface area contributed by atoms with Crippen molar-refractivity contribution < 1.29 is 14.3 Å². The first kappa shape index (κ1) is 22.5. The number of nitrogens with zero attached hydrogens (tertiary/aromatic N) is 2. The molecular weight excluding hydrogens is 434 g/mol. The molecule has 33 heavy (non-hydrogen) atoms. The van der Waals surface area contributed by atoms with Gasteiger partial charge in [-0.3, -0.25) is 4.79 Å². The Morgan fingerprint density at radius 3 is 2.67 bits per heavy atom. The summed E-state index contributed by atoms with van der Waals surface area (Å²) in [5, 5.41) is 3.47. The highest BCUT2D eigenvalue weighted by molar-refractivity contribution is 7.07. The van der Waals surface area contributed by atoms with Gasteiger partial charge < -0.3 is 14.8 Å². The van der Waals surface area contributed by atoms with Gasteiger partial charge in [0.1, 0.15) is 11.5 Å². The van der Waals surface area contributed by atoms with Gasteiger partial charge >= 0.3 is 0 Å². The molecule has 3 aromatic carbocycles. The largest absolute Gasteiger partial charge is 0.497 e. The molecule has 1 aromatic heterocycles. The summed E-state index contributed by atoms with van der Waals surface area (Å²) in [6.07, 6.45) is 0.579. The summed E-state index contributed by atoms with van der Waals surface area (Å²) in [7, 11) is 1.64. The standard InChI is InChI=1S/C26H25N3O3S/c1-17-12-13-21(25(30)27-18(2)20-9-5-4-6-10-20)16-23(17)32-26-28-24(29-33-26)15-19-8-7-11-22(14-19)31-3/h4-14,16,18H,15H2,1-3H3,(H,27,30). The highest BCUT2D eigenvalue weighted by Gasteiger charge is 2.15. The second-order valence-electron chi connectivity index (χ2n) is 7.69. The lowest BCUT2D eigenvalue weighted by molar-refractivity contribution is 0.0939. The van der Waals surface area contributed by atoms with Crippen molar-refractivity contribution in [2.45, 2.75) is 26.3 Å². The van der Waals surface area contributed by atoms with Crippen LogP contribution >= 0.6 is 11.5 Å². The highest BCUT2D eigenvalue weighted by Crippen LogP contribution is 2.28. The number of hydrogen-bond donors (Lipinski definition) is 1.